The fourth-order valence-corrected chi connectivity index (χ4v) is 3.99. The van der Waals surface area contributed by atoms with Crippen LogP contribution in [0.1, 0.15) is 54.4 Å². The van der Waals surface area contributed by atoms with Crippen molar-refractivity contribution in [1.29, 1.82) is 0 Å². The minimum Gasteiger partial charge on any atom is -0.478 e. The third-order valence-corrected chi connectivity index (χ3v) is 5.32. The number of aromatic carboxylic acids is 1. The number of carbonyl (C=O) groups is 1. The van der Waals surface area contributed by atoms with E-state index < -0.39 is 5.97 Å². The van der Waals surface area contributed by atoms with Crippen LogP contribution in [0.2, 0.25) is 0 Å². The van der Waals surface area contributed by atoms with Crippen molar-refractivity contribution in [2.24, 2.45) is 0 Å². The molecule has 0 saturated heterocycles. The average molecular weight is 370 g/mol. The second kappa shape index (κ2) is 8.27. The highest BCUT2D eigenvalue weighted by atomic mass is 32.1. The molecule has 2 aromatic heterocycles. The first-order valence-electron chi connectivity index (χ1n) is 8.90. The quantitative estimate of drug-likeness (QED) is 0.599. The molecular formula is C20H22N2O3S. The van der Waals surface area contributed by atoms with E-state index in [4.69, 9.17) is 0 Å². The van der Waals surface area contributed by atoms with Gasteiger partial charge in [0.15, 0.2) is 0 Å². The highest BCUT2D eigenvalue weighted by molar-refractivity contribution is 7.17. The molecule has 0 atom stereocenters. The molecular weight excluding hydrogens is 348 g/mol. The molecule has 1 N–H and O–H groups in total. The lowest BCUT2D eigenvalue weighted by atomic mass is 10.1. The Morgan fingerprint density at radius 1 is 1.19 bits per heavy atom. The van der Waals surface area contributed by atoms with Crippen LogP contribution in [0.5, 0.6) is 0 Å². The van der Waals surface area contributed by atoms with Gasteiger partial charge in [-0.05, 0) is 12.0 Å². The van der Waals surface area contributed by atoms with Crippen molar-refractivity contribution >= 4 is 27.5 Å². The van der Waals surface area contributed by atoms with E-state index in [1.807, 2.05) is 30.3 Å². The highest BCUT2D eigenvalue weighted by Gasteiger charge is 2.19. The summed E-state index contributed by atoms with van der Waals surface area (Å²) in [6.45, 7) is 2.71. The fraction of sp³-hybridized carbons (Fsp3) is 0.350. The Morgan fingerprint density at radius 3 is 2.65 bits per heavy atom. The third kappa shape index (κ3) is 3.85. The Kier molecular flexibility index (Phi) is 5.83. The molecule has 1 aromatic carbocycles. The molecule has 5 nitrogen and oxygen atoms in total. The van der Waals surface area contributed by atoms with Crippen molar-refractivity contribution in [2.75, 3.05) is 0 Å². The summed E-state index contributed by atoms with van der Waals surface area (Å²) in [5, 5.41) is 11.1. The largest absolute Gasteiger partial charge is 0.478 e. The average Bonchev–Trinajstić information content (AvgIpc) is 3.06. The molecule has 0 unspecified atom stereocenters. The molecule has 0 aliphatic heterocycles. The Morgan fingerprint density at radius 2 is 1.96 bits per heavy atom. The molecule has 0 amide bonds. The first kappa shape index (κ1) is 18.3. The van der Waals surface area contributed by atoms with E-state index in [1.165, 1.54) is 16.7 Å². The summed E-state index contributed by atoms with van der Waals surface area (Å²) in [5.41, 5.74) is 0.892. The minimum atomic E-state index is -1.08. The molecule has 3 rings (SSSR count). The number of nitrogens with zero attached hydrogens (tertiary/aromatic N) is 2. The van der Waals surface area contributed by atoms with Crippen LogP contribution >= 0.6 is 11.3 Å². The van der Waals surface area contributed by atoms with E-state index in [0.29, 0.717) is 23.6 Å². The first-order valence-corrected chi connectivity index (χ1v) is 9.78. The predicted molar refractivity (Wildman–Crippen MR) is 104 cm³/mol. The maximum absolute atomic E-state index is 13.1. The molecule has 0 aliphatic carbocycles. The lowest BCUT2D eigenvalue weighted by molar-refractivity contribution is 0.0699. The van der Waals surface area contributed by atoms with E-state index in [1.54, 1.807) is 4.57 Å². The first-order chi connectivity index (χ1) is 12.6. The minimum absolute atomic E-state index is 0.0519. The SMILES string of the molecule is CCCCCCn1c(Cc2ccccc2)nc2scc(C(=O)O)c2c1=O. The van der Waals surface area contributed by atoms with Gasteiger partial charge < -0.3 is 5.11 Å². The van der Waals surface area contributed by atoms with E-state index in [0.717, 1.165) is 31.2 Å². The number of thiophene rings is 1. The lowest BCUT2D eigenvalue weighted by Crippen LogP contribution is -2.26. The smallest absolute Gasteiger partial charge is 0.337 e. The zero-order valence-corrected chi connectivity index (χ0v) is 15.6. The molecule has 3 aromatic rings. The summed E-state index contributed by atoms with van der Waals surface area (Å²) in [6, 6.07) is 9.90. The van der Waals surface area contributed by atoms with Gasteiger partial charge in [-0.25, -0.2) is 9.78 Å². The van der Waals surface area contributed by atoms with Crippen LogP contribution in [-0.4, -0.2) is 20.6 Å². The number of rotatable bonds is 8. The van der Waals surface area contributed by atoms with Crippen molar-refractivity contribution in [2.45, 2.75) is 45.6 Å². The molecule has 0 bridgehead atoms. The number of hydrogen-bond donors (Lipinski definition) is 1. The summed E-state index contributed by atoms with van der Waals surface area (Å²) >= 11 is 1.22. The molecule has 2 heterocycles. The number of carboxylic acid groups (broad SMARTS) is 1. The number of benzene rings is 1. The van der Waals surface area contributed by atoms with Gasteiger partial charge in [-0.2, -0.15) is 0 Å². The van der Waals surface area contributed by atoms with Gasteiger partial charge in [-0.1, -0.05) is 56.5 Å². The molecule has 0 fully saturated rings. The number of hydrogen-bond acceptors (Lipinski definition) is 4. The summed E-state index contributed by atoms with van der Waals surface area (Å²) in [4.78, 5) is 29.7. The van der Waals surface area contributed by atoms with Crippen LogP contribution in [0.3, 0.4) is 0 Å². The molecule has 0 radical (unpaired) electrons. The second-order valence-electron chi connectivity index (χ2n) is 6.34. The Balaban J connectivity index is 2.05. The van der Waals surface area contributed by atoms with Gasteiger partial charge in [0, 0.05) is 18.3 Å². The monoisotopic (exact) mass is 370 g/mol. The number of aromatic nitrogens is 2. The van der Waals surface area contributed by atoms with E-state index in [9.17, 15) is 14.7 Å². The summed E-state index contributed by atoms with van der Waals surface area (Å²) in [5.74, 6) is -0.382. The summed E-state index contributed by atoms with van der Waals surface area (Å²) < 4.78 is 1.67. The Hall–Kier alpha value is -2.47. The van der Waals surface area contributed by atoms with Gasteiger partial charge >= 0.3 is 5.97 Å². The van der Waals surface area contributed by atoms with E-state index in [2.05, 4.69) is 11.9 Å². The van der Waals surface area contributed by atoms with E-state index >= 15 is 0 Å². The summed E-state index contributed by atoms with van der Waals surface area (Å²) in [7, 11) is 0. The van der Waals surface area contributed by atoms with Gasteiger partial charge in [0.1, 0.15) is 10.7 Å². The Labute approximate surface area is 155 Å². The predicted octanol–water partition coefficient (Wildman–Crippen LogP) is 4.33. The topological polar surface area (TPSA) is 72.2 Å². The molecule has 6 heteroatoms. The van der Waals surface area contributed by atoms with Crippen molar-refractivity contribution in [1.82, 2.24) is 9.55 Å². The normalized spacial score (nSPS) is 11.1. The molecule has 136 valence electrons. The fourth-order valence-electron chi connectivity index (χ4n) is 3.06. The third-order valence-electron chi connectivity index (χ3n) is 4.44. The van der Waals surface area contributed by atoms with Gasteiger partial charge in [-0.3, -0.25) is 9.36 Å². The van der Waals surface area contributed by atoms with Crippen LogP contribution in [0.25, 0.3) is 10.2 Å². The lowest BCUT2D eigenvalue weighted by Gasteiger charge is -2.13. The van der Waals surface area contributed by atoms with Crippen molar-refractivity contribution in [3.8, 4) is 0 Å². The van der Waals surface area contributed by atoms with Crippen molar-refractivity contribution in [3.63, 3.8) is 0 Å². The van der Waals surface area contributed by atoms with Crippen LogP contribution in [0.15, 0.2) is 40.5 Å². The molecule has 0 saturated carbocycles. The van der Waals surface area contributed by atoms with Crippen molar-refractivity contribution in [3.05, 3.63) is 63.0 Å². The van der Waals surface area contributed by atoms with E-state index in [-0.39, 0.29) is 16.5 Å². The maximum atomic E-state index is 13.1. The number of carboxylic acids is 1. The molecule has 0 aliphatic rings. The Bertz CT molecular complexity index is 960. The van der Waals surface area contributed by atoms with Crippen LogP contribution in [0, 0.1) is 0 Å². The standard InChI is InChI=1S/C20H22N2O3S/c1-2-3-4-8-11-22-16(12-14-9-6-5-7-10-14)21-18-17(19(22)23)15(13-26-18)20(24)25/h5-7,9-10,13H,2-4,8,11-12H2,1H3,(H,24,25). The second-order valence-corrected chi connectivity index (χ2v) is 7.20. The van der Waals surface area contributed by atoms with Gasteiger partial charge in [-0.15, -0.1) is 11.3 Å². The zero-order chi connectivity index (χ0) is 18.5. The number of unbranched alkanes of at least 4 members (excludes halogenated alkanes) is 3. The summed E-state index contributed by atoms with van der Waals surface area (Å²) in [6.07, 6.45) is 4.73. The highest BCUT2D eigenvalue weighted by Crippen LogP contribution is 2.22. The van der Waals surface area contributed by atoms with Crippen LogP contribution < -0.4 is 5.56 Å². The van der Waals surface area contributed by atoms with Gasteiger partial charge in [0.2, 0.25) is 0 Å². The molecule has 26 heavy (non-hydrogen) atoms. The number of fused-ring (bicyclic) bond motifs is 1. The zero-order valence-electron chi connectivity index (χ0n) is 14.8. The van der Waals surface area contributed by atoms with Crippen molar-refractivity contribution < 1.29 is 9.90 Å². The maximum Gasteiger partial charge on any atom is 0.337 e. The van der Waals surface area contributed by atoms with Crippen LogP contribution in [-0.2, 0) is 13.0 Å². The van der Waals surface area contributed by atoms with Gasteiger partial charge in [0.05, 0.1) is 10.9 Å². The van der Waals surface area contributed by atoms with Crippen LogP contribution in [0.4, 0.5) is 0 Å². The molecule has 0 spiro atoms. The van der Waals surface area contributed by atoms with Gasteiger partial charge in [0.25, 0.3) is 5.56 Å².